The Kier molecular flexibility index (Phi) is 4.15. The zero-order valence-electron chi connectivity index (χ0n) is 12.5. The summed E-state index contributed by atoms with van der Waals surface area (Å²) < 4.78 is 1.63. The minimum absolute atomic E-state index is 0.227. The second-order valence-electron chi connectivity index (χ2n) is 6.22. The molecule has 0 aromatic carbocycles. The zero-order chi connectivity index (χ0) is 15.6. The summed E-state index contributed by atoms with van der Waals surface area (Å²) in [6, 6.07) is -0.334. The van der Waals surface area contributed by atoms with Gasteiger partial charge in [-0.05, 0) is 33.6 Å². The predicted octanol–water partition coefficient (Wildman–Crippen LogP) is 1.36. The number of nitrogens with one attached hydrogen (secondary N) is 1. The summed E-state index contributed by atoms with van der Waals surface area (Å²) in [4.78, 5) is 28.9. The maximum Gasteiger partial charge on any atom is 0.324 e. The summed E-state index contributed by atoms with van der Waals surface area (Å²) >= 11 is 0. The van der Waals surface area contributed by atoms with Crippen LogP contribution in [0, 0.1) is 5.92 Å². The molecule has 1 aliphatic rings. The van der Waals surface area contributed by atoms with Gasteiger partial charge in [0, 0.05) is 13.1 Å². The van der Waals surface area contributed by atoms with Gasteiger partial charge in [0.15, 0.2) is 0 Å². The van der Waals surface area contributed by atoms with E-state index in [9.17, 15) is 9.59 Å². The smallest absolute Gasteiger partial charge is 0.324 e. The van der Waals surface area contributed by atoms with E-state index in [4.69, 9.17) is 5.11 Å². The SMILES string of the molecule is CC(C)(C)n1ncnc1NC(=O)N1CCCC(C(=O)O)C1. The van der Waals surface area contributed by atoms with Crippen LogP contribution in [-0.4, -0.2) is 49.9 Å². The first-order chi connectivity index (χ1) is 9.79. The lowest BCUT2D eigenvalue weighted by Gasteiger charge is -2.31. The lowest BCUT2D eigenvalue weighted by atomic mass is 9.99. The number of carbonyl (C=O) groups excluding carboxylic acids is 1. The van der Waals surface area contributed by atoms with Crippen molar-refractivity contribution in [2.24, 2.45) is 5.92 Å². The Morgan fingerprint density at radius 1 is 1.43 bits per heavy atom. The van der Waals surface area contributed by atoms with E-state index in [0.717, 1.165) is 0 Å². The highest BCUT2D eigenvalue weighted by Gasteiger charge is 2.29. The van der Waals surface area contributed by atoms with Crippen LogP contribution in [0.1, 0.15) is 33.6 Å². The van der Waals surface area contributed by atoms with Crippen LogP contribution in [0.3, 0.4) is 0 Å². The molecule has 1 fully saturated rings. The largest absolute Gasteiger partial charge is 0.481 e. The molecule has 1 aliphatic heterocycles. The maximum absolute atomic E-state index is 12.3. The van der Waals surface area contributed by atoms with Crippen LogP contribution in [-0.2, 0) is 10.3 Å². The average molecular weight is 295 g/mol. The van der Waals surface area contributed by atoms with Crippen LogP contribution >= 0.6 is 0 Å². The van der Waals surface area contributed by atoms with E-state index in [1.165, 1.54) is 11.2 Å². The Morgan fingerprint density at radius 3 is 2.76 bits per heavy atom. The Labute approximate surface area is 123 Å². The normalized spacial score (nSPS) is 19.4. The molecule has 8 nitrogen and oxygen atoms in total. The van der Waals surface area contributed by atoms with Crippen molar-refractivity contribution in [1.29, 1.82) is 0 Å². The van der Waals surface area contributed by atoms with Crippen molar-refractivity contribution in [3.8, 4) is 0 Å². The molecule has 2 rings (SSSR count). The Balaban J connectivity index is 2.05. The maximum atomic E-state index is 12.3. The van der Waals surface area contributed by atoms with Gasteiger partial charge in [-0.2, -0.15) is 10.1 Å². The summed E-state index contributed by atoms with van der Waals surface area (Å²) in [7, 11) is 0. The van der Waals surface area contributed by atoms with Crippen molar-refractivity contribution in [3.05, 3.63) is 6.33 Å². The second-order valence-corrected chi connectivity index (χ2v) is 6.22. The van der Waals surface area contributed by atoms with Gasteiger partial charge in [0.05, 0.1) is 11.5 Å². The fraction of sp³-hybridized carbons (Fsp3) is 0.692. The van der Waals surface area contributed by atoms with E-state index in [1.54, 1.807) is 4.68 Å². The number of carboxylic acids is 1. The number of rotatable bonds is 2. The van der Waals surface area contributed by atoms with Crippen LogP contribution in [0.15, 0.2) is 6.33 Å². The standard InChI is InChI=1S/C13H21N5O3/c1-13(2,3)18-11(14-8-15-18)16-12(21)17-6-4-5-9(7-17)10(19)20/h8-9H,4-7H2,1-3H3,(H,19,20)(H,14,15,16,21). The number of piperidine rings is 1. The number of carboxylic acid groups (broad SMARTS) is 1. The number of hydrogen-bond acceptors (Lipinski definition) is 4. The van der Waals surface area contributed by atoms with Crippen molar-refractivity contribution >= 4 is 17.9 Å². The van der Waals surface area contributed by atoms with Gasteiger partial charge in [-0.1, -0.05) is 0 Å². The van der Waals surface area contributed by atoms with Crippen LogP contribution in [0.5, 0.6) is 0 Å². The first-order valence-electron chi connectivity index (χ1n) is 6.98. The van der Waals surface area contributed by atoms with Crippen molar-refractivity contribution < 1.29 is 14.7 Å². The van der Waals surface area contributed by atoms with Crippen molar-refractivity contribution in [2.75, 3.05) is 18.4 Å². The second kappa shape index (κ2) is 5.71. The van der Waals surface area contributed by atoms with E-state index in [0.29, 0.717) is 25.3 Å². The number of carbonyl (C=O) groups is 2. The Morgan fingerprint density at radius 2 is 2.14 bits per heavy atom. The number of amides is 2. The molecule has 2 N–H and O–H groups in total. The van der Waals surface area contributed by atoms with Crippen LogP contribution in [0.4, 0.5) is 10.7 Å². The van der Waals surface area contributed by atoms with E-state index in [-0.39, 0.29) is 18.1 Å². The predicted molar refractivity (Wildman–Crippen MR) is 76.0 cm³/mol. The zero-order valence-corrected chi connectivity index (χ0v) is 12.5. The molecule has 1 unspecified atom stereocenters. The lowest BCUT2D eigenvalue weighted by Crippen LogP contribution is -2.45. The molecular formula is C13H21N5O3. The lowest BCUT2D eigenvalue weighted by molar-refractivity contribution is -0.143. The number of aliphatic carboxylic acids is 1. The number of anilines is 1. The minimum atomic E-state index is -0.856. The Bertz CT molecular complexity index is 534. The number of urea groups is 1. The molecular weight excluding hydrogens is 274 g/mol. The molecule has 21 heavy (non-hydrogen) atoms. The molecule has 0 bridgehead atoms. The van der Waals surface area contributed by atoms with Gasteiger partial charge >= 0.3 is 12.0 Å². The summed E-state index contributed by atoms with van der Waals surface area (Å²) in [5.74, 6) is -0.986. The van der Waals surface area contributed by atoms with Crippen molar-refractivity contribution in [3.63, 3.8) is 0 Å². The average Bonchev–Trinajstić information content (AvgIpc) is 2.87. The van der Waals surface area contributed by atoms with E-state index < -0.39 is 11.9 Å². The van der Waals surface area contributed by atoms with Gasteiger partial charge < -0.3 is 10.0 Å². The first kappa shape index (κ1) is 15.3. The third kappa shape index (κ3) is 3.50. The van der Waals surface area contributed by atoms with Crippen molar-refractivity contribution in [2.45, 2.75) is 39.2 Å². The quantitative estimate of drug-likeness (QED) is 0.858. The molecule has 2 heterocycles. The monoisotopic (exact) mass is 295 g/mol. The molecule has 0 aliphatic carbocycles. The van der Waals surface area contributed by atoms with Crippen LogP contribution in [0.2, 0.25) is 0 Å². The molecule has 2 amide bonds. The number of aromatic nitrogens is 3. The third-order valence-electron chi connectivity index (χ3n) is 3.46. The van der Waals surface area contributed by atoms with Crippen LogP contribution < -0.4 is 5.32 Å². The first-order valence-corrected chi connectivity index (χ1v) is 6.98. The molecule has 1 saturated heterocycles. The molecule has 1 aromatic rings. The topological polar surface area (TPSA) is 100 Å². The molecule has 0 spiro atoms. The highest BCUT2D eigenvalue weighted by atomic mass is 16.4. The Hall–Kier alpha value is -2.12. The van der Waals surface area contributed by atoms with Gasteiger partial charge in [0.1, 0.15) is 6.33 Å². The van der Waals surface area contributed by atoms with Crippen molar-refractivity contribution in [1.82, 2.24) is 19.7 Å². The van der Waals surface area contributed by atoms with Gasteiger partial charge in [-0.15, -0.1) is 0 Å². The fourth-order valence-electron chi connectivity index (χ4n) is 2.36. The highest BCUT2D eigenvalue weighted by molar-refractivity contribution is 5.88. The summed E-state index contributed by atoms with van der Waals surface area (Å²) in [5.41, 5.74) is -0.301. The number of hydrogen-bond donors (Lipinski definition) is 2. The highest BCUT2D eigenvalue weighted by Crippen LogP contribution is 2.20. The molecule has 0 saturated carbocycles. The number of likely N-dealkylation sites (tertiary alicyclic amines) is 1. The summed E-state index contributed by atoms with van der Waals surface area (Å²) in [5, 5.41) is 15.9. The number of nitrogens with zero attached hydrogens (tertiary/aromatic N) is 4. The molecule has 1 atom stereocenters. The van der Waals surface area contributed by atoms with Gasteiger partial charge in [0.25, 0.3) is 0 Å². The molecule has 1 aromatic heterocycles. The van der Waals surface area contributed by atoms with Gasteiger partial charge in [0.2, 0.25) is 5.95 Å². The third-order valence-corrected chi connectivity index (χ3v) is 3.46. The van der Waals surface area contributed by atoms with E-state index in [2.05, 4.69) is 15.4 Å². The minimum Gasteiger partial charge on any atom is -0.481 e. The fourth-order valence-corrected chi connectivity index (χ4v) is 2.36. The molecule has 116 valence electrons. The van der Waals surface area contributed by atoms with E-state index in [1.807, 2.05) is 20.8 Å². The summed E-state index contributed by atoms with van der Waals surface area (Å²) in [6.07, 6.45) is 2.69. The molecule has 0 radical (unpaired) electrons. The van der Waals surface area contributed by atoms with E-state index >= 15 is 0 Å². The van der Waals surface area contributed by atoms with Crippen LogP contribution in [0.25, 0.3) is 0 Å². The van der Waals surface area contributed by atoms with Gasteiger partial charge in [-0.25, -0.2) is 9.48 Å². The molecule has 8 heteroatoms. The summed E-state index contributed by atoms with van der Waals surface area (Å²) in [6.45, 7) is 6.65. The van der Waals surface area contributed by atoms with Gasteiger partial charge in [-0.3, -0.25) is 10.1 Å².